The fourth-order valence-electron chi connectivity index (χ4n) is 2.63. The Morgan fingerprint density at radius 3 is 2.50 bits per heavy atom. The van der Waals surface area contributed by atoms with E-state index in [1.807, 2.05) is 13.0 Å². The van der Waals surface area contributed by atoms with E-state index in [1.54, 1.807) is 43.3 Å². The number of carbonyl (C=O) groups excluding carboxylic acids is 2. The Kier molecular flexibility index (Phi) is 4.93. The molecule has 0 aliphatic rings. The summed E-state index contributed by atoms with van der Waals surface area (Å²) in [5, 5.41) is 0.814. The van der Waals surface area contributed by atoms with Crippen LogP contribution in [0.25, 0.3) is 11.0 Å². The molecule has 2 N–H and O–H groups in total. The van der Waals surface area contributed by atoms with Crippen molar-refractivity contribution in [1.29, 1.82) is 0 Å². The molecule has 0 fully saturated rings. The van der Waals surface area contributed by atoms with Crippen molar-refractivity contribution < 1.29 is 23.5 Å². The van der Waals surface area contributed by atoms with Crippen LogP contribution in [0.15, 0.2) is 46.9 Å². The molecule has 0 aliphatic carbocycles. The van der Waals surface area contributed by atoms with Crippen molar-refractivity contribution in [1.82, 2.24) is 0 Å². The van der Waals surface area contributed by atoms with E-state index in [4.69, 9.17) is 19.6 Å². The number of amides is 1. The summed E-state index contributed by atoms with van der Waals surface area (Å²) in [5.74, 6) is -0.158. The van der Waals surface area contributed by atoms with E-state index in [1.165, 1.54) is 0 Å². The van der Waals surface area contributed by atoms with Crippen molar-refractivity contribution >= 4 is 22.8 Å². The third-order valence-electron chi connectivity index (χ3n) is 4.01. The molecule has 1 amide bonds. The van der Waals surface area contributed by atoms with E-state index in [-0.39, 0.29) is 12.4 Å². The number of fused-ring (bicyclic) bond motifs is 1. The van der Waals surface area contributed by atoms with Gasteiger partial charge in [0.15, 0.2) is 0 Å². The lowest BCUT2D eigenvalue weighted by atomic mass is 10.1. The second-order valence-corrected chi connectivity index (χ2v) is 5.78. The van der Waals surface area contributed by atoms with Crippen LogP contribution in [0.1, 0.15) is 39.0 Å². The highest BCUT2D eigenvalue weighted by atomic mass is 16.5. The average molecular weight is 353 g/mol. The molecule has 0 atom stereocenters. The Morgan fingerprint density at radius 1 is 1.12 bits per heavy atom. The van der Waals surface area contributed by atoms with Gasteiger partial charge < -0.3 is 19.6 Å². The molecule has 3 aromatic rings. The fourth-order valence-corrected chi connectivity index (χ4v) is 2.63. The van der Waals surface area contributed by atoms with Crippen LogP contribution in [-0.2, 0) is 11.3 Å². The molecule has 1 heterocycles. The van der Waals surface area contributed by atoms with Gasteiger partial charge in [-0.1, -0.05) is 12.1 Å². The maximum absolute atomic E-state index is 12.4. The van der Waals surface area contributed by atoms with Crippen LogP contribution in [-0.4, -0.2) is 18.5 Å². The average Bonchev–Trinajstić information content (AvgIpc) is 2.97. The first-order valence-corrected chi connectivity index (χ1v) is 8.21. The van der Waals surface area contributed by atoms with E-state index in [0.29, 0.717) is 23.3 Å². The summed E-state index contributed by atoms with van der Waals surface area (Å²) < 4.78 is 16.4. The standard InChI is InChI=1S/C20H19NO5/c1-3-24-15-8-9-17-16(10-15)12(2)18(26-17)20(23)25-11-13-4-6-14(7-5-13)19(21)22/h4-10H,3,11H2,1-2H3,(H2,21,22). The quantitative estimate of drug-likeness (QED) is 0.684. The lowest BCUT2D eigenvalue weighted by molar-refractivity contribution is 0.0437. The van der Waals surface area contributed by atoms with Crippen molar-refractivity contribution in [3.05, 3.63) is 64.9 Å². The number of esters is 1. The number of aryl methyl sites for hydroxylation is 1. The number of hydrogen-bond donors (Lipinski definition) is 1. The molecule has 3 rings (SSSR count). The number of hydrogen-bond acceptors (Lipinski definition) is 5. The Morgan fingerprint density at radius 2 is 1.85 bits per heavy atom. The van der Waals surface area contributed by atoms with Crippen molar-refractivity contribution in [2.24, 2.45) is 5.73 Å². The van der Waals surface area contributed by atoms with Crippen LogP contribution < -0.4 is 10.5 Å². The largest absolute Gasteiger partial charge is 0.494 e. The zero-order valence-corrected chi connectivity index (χ0v) is 14.6. The molecule has 26 heavy (non-hydrogen) atoms. The number of nitrogens with two attached hydrogens (primary N) is 1. The van der Waals surface area contributed by atoms with Crippen LogP contribution in [0.3, 0.4) is 0 Å². The van der Waals surface area contributed by atoms with Crippen LogP contribution in [0.2, 0.25) is 0 Å². The first-order valence-electron chi connectivity index (χ1n) is 8.21. The van der Waals surface area contributed by atoms with Crippen LogP contribution in [0.5, 0.6) is 5.75 Å². The zero-order valence-electron chi connectivity index (χ0n) is 14.6. The lowest BCUT2D eigenvalue weighted by Gasteiger charge is -2.04. The lowest BCUT2D eigenvalue weighted by Crippen LogP contribution is -2.11. The number of furan rings is 1. The van der Waals surface area contributed by atoms with Gasteiger partial charge in [-0.25, -0.2) is 4.79 Å². The van der Waals surface area contributed by atoms with Gasteiger partial charge in [-0.2, -0.15) is 0 Å². The summed E-state index contributed by atoms with van der Waals surface area (Å²) >= 11 is 0. The summed E-state index contributed by atoms with van der Waals surface area (Å²) in [4.78, 5) is 23.4. The van der Waals surface area contributed by atoms with Crippen molar-refractivity contribution in [3.8, 4) is 5.75 Å². The first kappa shape index (κ1) is 17.5. The van der Waals surface area contributed by atoms with E-state index < -0.39 is 11.9 Å². The molecule has 6 nitrogen and oxygen atoms in total. The van der Waals surface area contributed by atoms with E-state index in [9.17, 15) is 9.59 Å². The molecular formula is C20H19NO5. The summed E-state index contributed by atoms with van der Waals surface area (Å²) in [6.45, 7) is 4.34. The molecule has 0 radical (unpaired) electrons. The monoisotopic (exact) mass is 353 g/mol. The fraction of sp³-hybridized carbons (Fsp3) is 0.200. The predicted molar refractivity (Wildman–Crippen MR) is 96.2 cm³/mol. The zero-order chi connectivity index (χ0) is 18.7. The van der Waals surface area contributed by atoms with Gasteiger partial charge in [-0.05, 0) is 49.7 Å². The molecule has 6 heteroatoms. The Labute approximate surface area is 150 Å². The highest BCUT2D eigenvalue weighted by Gasteiger charge is 2.19. The molecule has 2 aromatic carbocycles. The van der Waals surface area contributed by atoms with Crippen LogP contribution in [0, 0.1) is 6.92 Å². The molecule has 0 spiro atoms. The Balaban J connectivity index is 1.75. The number of ether oxygens (including phenoxy) is 2. The molecule has 0 bridgehead atoms. The van der Waals surface area contributed by atoms with E-state index in [2.05, 4.69) is 0 Å². The number of carbonyl (C=O) groups is 2. The minimum atomic E-state index is -0.546. The van der Waals surface area contributed by atoms with Gasteiger partial charge in [0.1, 0.15) is 17.9 Å². The van der Waals surface area contributed by atoms with Gasteiger partial charge in [-0.15, -0.1) is 0 Å². The highest BCUT2D eigenvalue weighted by Crippen LogP contribution is 2.29. The summed E-state index contributed by atoms with van der Waals surface area (Å²) in [6.07, 6.45) is 0. The summed E-state index contributed by atoms with van der Waals surface area (Å²) in [6, 6.07) is 12.0. The smallest absolute Gasteiger partial charge is 0.374 e. The SMILES string of the molecule is CCOc1ccc2oc(C(=O)OCc3ccc(C(N)=O)cc3)c(C)c2c1. The summed E-state index contributed by atoms with van der Waals surface area (Å²) in [7, 11) is 0. The predicted octanol–water partition coefficient (Wildman–Crippen LogP) is 3.60. The van der Waals surface area contributed by atoms with Crippen molar-refractivity contribution in [2.75, 3.05) is 6.61 Å². The van der Waals surface area contributed by atoms with Crippen LogP contribution in [0.4, 0.5) is 0 Å². The maximum Gasteiger partial charge on any atom is 0.374 e. The number of benzene rings is 2. The van der Waals surface area contributed by atoms with Gasteiger partial charge in [0, 0.05) is 16.5 Å². The molecule has 134 valence electrons. The van der Waals surface area contributed by atoms with Gasteiger partial charge >= 0.3 is 5.97 Å². The van der Waals surface area contributed by atoms with Gasteiger partial charge in [0.2, 0.25) is 11.7 Å². The normalized spacial score (nSPS) is 10.7. The molecule has 0 saturated carbocycles. The first-order chi connectivity index (χ1) is 12.5. The Bertz CT molecular complexity index is 956. The second-order valence-electron chi connectivity index (χ2n) is 5.78. The Hall–Kier alpha value is -3.28. The second kappa shape index (κ2) is 7.31. The molecule has 0 unspecified atom stereocenters. The molecule has 0 aliphatic heterocycles. The topological polar surface area (TPSA) is 91.8 Å². The molecular weight excluding hydrogens is 334 g/mol. The van der Waals surface area contributed by atoms with Crippen molar-refractivity contribution in [2.45, 2.75) is 20.5 Å². The van der Waals surface area contributed by atoms with E-state index >= 15 is 0 Å². The number of rotatable bonds is 6. The van der Waals surface area contributed by atoms with Gasteiger partial charge in [0.25, 0.3) is 0 Å². The minimum absolute atomic E-state index is 0.0680. The van der Waals surface area contributed by atoms with E-state index in [0.717, 1.165) is 16.7 Å². The maximum atomic E-state index is 12.4. The third-order valence-corrected chi connectivity index (χ3v) is 4.01. The van der Waals surface area contributed by atoms with Gasteiger partial charge in [-0.3, -0.25) is 4.79 Å². The van der Waals surface area contributed by atoms with Crippen LogP contribution >= 0.6 is 0 Å². The summed E-state index contributed by atoms with van der Waals surface area (Å²) in [5.41, 5.74) is 7.65. The third kappa shape index (κ3) is 3.54. The number of primary amides is 1. The molecule has 1 aromatic heterocycles. The highest BCUT2D eigenvalue weighted by molar-refractivity contribution is 5.96. The molecule has 0 saturated heterocycles. The van der Waals surface area contributed by atoms with Crippen molar-refractivity contribution in [3.63, 3.8) is 0 Å². The minimum Gasteiger partial charge on any atom is -0.494 e. The van der Waals surface area contributed by atoms with Gasteiger partial charge in [0.05, 0.1) is 6.61 Å².